The molecule has 0 aromatic heterocycles. The maximum absolute atomic E-state index is 11.7. The van der Waals surface area contributed by atoms with Crippen molar-refractivity contribution in [3.63, 3.8) is 0 Å². The number of carbonyl (C=O) groups is 1. The highest BCUT2D eigenvalue weighted by molar-refractivity contribution is 5.81. The zero-order valence-electron chi connectivity index (χ0n) is 8.33. The molecule has 0 spiro atoms. The van der Waals surface area contributed by atoms with Crippen molar-refractivity contribution in [2.45, 2.75) is 19.3 Å². The Hall–Kier alpha value is -0.570. The second kappa shape index (κ2) is 3.66. The summed E-state index contributed by atoms with van der Waals surface area (Å²) < 4.78 is 0. The Morgan fingerprint density at radius 2 is 1.92 bits per heavy atom. The smallest absolute Gasteiger partial charge is 0.225 e. The summed E-state index contributed by atoms with van der Waals surface area (Å²) in [5.74, 6) is 0.804. The second-order valence-corrected chi connectivity index (χ2v) is 4.26. The molecule has 2 rings (SSSR count). The fourth-order valence-electron chi connectivity index (χ4n) is 1.86. The van der Waals surface area contributed by atoms with E-state index in [0.29, 0.717) is 11.8 Å². The van der Waals surface area contributed by atoms with Crippen LogP contribution in [0.5, 0.6) is 0 Å². The van der Waals surface area contributed by atoms with Crippen LogP contribution in [0.2, 0.25) is 0 Å². The highest BCUT2D eigenvalue weighted by atomic mass is 16.2. The van der Waals surface area contributed by atoms with Crippen molar-refractivity contribution < 1.29 is 4.79 Å². The first-order valence-electron chi connectivity index (χ1n) is 5.25. The summed E-state index contributed by atoms with van der Waals surface area (Å²) in [5, 5.41) is 0. The van der Waals surface area contributed by atoms with Gasteiger partial charge in [0.15, 0.2) is 0 Å². The fourth-order valence-corrected chi connectivity index (χ4v) is 1.86. The molecule has 3 heteroatoms. The number of carbonyl (C=O) groups excluding carboxylic acids is 1. The van der Waals surface area contributed by atoms with Gasteiger partial charge in [-0.1, -0.05) is 0 Å². The Morgan fingerprint density at radius 1 is 1.15 bits per heavy atom. The number of hydrogen-bond acceptors (Lipinski definition) is 2. The van der Waals surface area contributed by atoms with Crippen LogP contribution in [0.4, 0.5) is 0 Å². The average molecular weight is 182 g/mol. The summed E-state index contributed by atoms with van der Waals surface area (Å²) in [6.07, 6.45) is 3.39. The van der Waals surface area contributed by atoms with E-state index >= 15 is 0 Å². The van der Waals surface area contributed by atoms with Crippen LogP contribution in [0.1, 0.15) is 19.3 Å². The Kier molecular flexibility index (Phi) is 2.54. The Morgan fingerprint density at radius 3 is 2.62 bits per heavy atom. The van der Waals surface area contributed by atoms with Crippen molar-refractivity contribution in [1.29, 1.82) is 0 Å². The van der Waals surface area contributed by atoms with Crippen molar-refractivity contribution >= 4 is 5.91 Å². The van der Waals surface area contributed by atoms with Gasteiger partial charge in [-0.2, -0.15) is 0 Å². The van der Waals surface area contributed by atoms with E-state index in [1.807, 2.05) is 0 Å². The largest absolute Gasteiger partial charge is 0.341 e. The van der Waals surface area contributed by atoms with Crippen LogP contribution in [0.15, 0.2) is 0 Å². The lowest BCUT2D eigenvalue weighted by Crippen LogP contribution is -2.35. The molecule has 1 aliphatic heterocycles. The number of rotatable bonds is 1. The van der Waals surface area contributed by atoms with Gasteiger partial charge in [-0.15, -0.1) is 0 Å². The Balaban J connectivity index is 1.87. The van der Waals surface area contributed by atoms with Gasteiger partial charge < -0.3 is 9.80 Å². The van der Waals surface area contributed by atoms with Crippen LogP contribution in [0.25, 0.3) is 0 Å². The molecule has 0 bridgehead atoms. The van der Waals surface area contributed by atoms with E-state index < -0.39 is 0 Å². The van der Waals surface area contributed by atoms with Gasteiger partial charge in [-0.05, 0) is 32.9 Å². The molecule has 1 saturated heterocycles. The molecule has 13 heavy (non-hydrogen) atoms. The quantitative estimate of drug-likeness (QED) is 0.591. The van der Waals surface area contributed by atoms with Crippen LogP contribution in [-0.4, -0.2) is 48.9 Å². The molecule has 0 aromatic carbocycles. The molecule has 2 fully saturated rings. The average Bonchev–Trinajstić information content (AvgIpc) is 2.89. The highest BCUT2D eigenvalue weighted by Crippen LogP contribution is 2.31. The van der Waals surface area contributed by atoms with Crippen LogP contribution in [0.3, 0.4) is 0 Å². The number of nitrogens with zero attached hydrogens (tertiary/aromatic N) is 2. The lowest BCUT2D eigenvalue weighted by Gasteiger charge is -2.20. The molecule has 0 aromatic rings. The van der Waals surface area contributed by atoms with Crippen molar-refractivity contribution in [2.24, 2.45) is 5.92 Å². The Bertz CT molecular complexity index is 201. The molecule has 74 valence electrons. The first kappa shape index (κ1) is 9.00. The van der Waals surface area contributed by atoms with Gasteiger partial charge >= 0.3 is 0 Å². The molecule has 3 nitrogen and oxygen atoms in total. The Labute approximate surface area is 79.7 Å². The monoisotopic (exact) mass is 182 g/mol. The van der Waals surface area contributed by atoms with Crippen molar-refractivity contribution in [3.05, 3.63) is 0 Å². The summed E-state index contributed by atoms with van der Waals surface area (Å²) in [6.45, 7) is 4.08. The highest BCUT2D eigenvalue weighted by Gasteiger charge is 2.33. The molecule has 2 aliphatic rings. The third kappa shape index (κ3) is 2.21. The molecule has 1 amide bonds. The van der Waals surface area contributed by atoms with E-state index in [9.17, 15) is 4.79 Å². The summed E-state index contributed by atoms with van der Waals surface area (Å²) in [7, 11) is 2.13. The number of hydrogen-bond donors (Lipinski definition) is 0. The molecule has 0 radical (unpaired) electrons. The third-order valence-electron chi connectivity index (χ3n) is 2.96. The van der Waals surface area contributed by atoms with Gasteiger partial charge in [-0.25, -0.2) is 0 Å². The summed E-state index contributed by atoms with van der Waals surface area (Å²) >= 11 is 0. The molecule has 0 unspecified atom stereocenters. The van der Waals surface area contributed by atoms with Crippen molar-refractivity contribution in [1.82, 2.24) is 9.80 Å². The van der Waals surface area contributed by atoms with Crippen LogP contribution < -0.4 is 0 Å². The lowest BCUT2D eigenvalue weighted by molar-refractivity contribution is -0.132. The van der Waals surface area contributed by atoms with Gasteiger partial charge in [-0.3, -0.25) is 4.79 Å². The van der Waals surface area contributed by atoms with E-state index in [2.05, 4.69) is 16.8 Å². The van der Waals surface area contributed by atoms with Gasteiger partial charge in [0.25, 0.3) is 0 Å². The molecule has 1 aliphatic carbocycles. The van der Waals surface area contributed by atoms with E-state index in [-0.39, 0.29) is 0 Å². The van der Waals surface area contributed by atoms with Gasteiger partial charge in [0.05, 0.1) is 0 Å². The van der Waals surface area contributed by atoms with Gasteiger partial charge in [0, 0.05) is 25.6 Å². The normalized spacial score (nSPS) is 25.8. The first-order valence-corrected chi connectivity index (χ1v) is 5.25. The molecule has 1 heterocycles. The minimum atomic E-state index is 0.392. The topological polar surface area (TPSA) is 23.6 Å². The van der Waals surface area contributed by atoms with Gasteiger partial charge in [0.2, 0.25) is 5.91 Å². The summed E-state index contributed by atoms with van der Waals surface area (Å²) in [5.41, 5.74) is 0. The molecular weight excluding hydrogens is 164 g/mol. The second-order valence-electron chi connectivity index (χ2n) is 4.26. The SMILES string of the molecule is CN1CCCN(C(=O)C2CC2)CC1. The van der Waals surface area contributed by atoms with E-state index in [1.54, 1.807) is 0 Å². The molecule has 0 N–H and O–H groups in total. The fraction of sp³-hybridized carbons (Fsp3) is 0.900. The predicted molar refractivity (Wildman–Crippen MR) is 51.4 cm³/mol. The standard InChI is InChI=1S/C10H18N2O/c1-11-5-2-6-12(8-7-11)10(13)9-3-4-9/h9H,2-8H2,1H3. The molecule has 0 atom stereocenters. The number of amides is 1. The molecule has 1 saturated carbocycles. The molecular formula is C10H18N2O. The van der Waals surface area contributed by atoms with E-state index in [4.69, 9.17) is 0 Å². The van der Waals surface area contributed by atoms with Gasteiger partial charge in [0.1, 0.15) is 0 Å². The maximum atomic E-state index is 11.7. The zero-order valence-corrected chi connectivity index (χ0v) is 8.33. The summed E-state index contributed by atoms with van der Waals surface area (Å²) in [6, 6.07) is 0. The lowest BCUT2D eigenvalue weighted by atomic mass is 10.3. The summed E-state index contributed by atoms with van der Waals surface area (Å²) in [4.78, 5) is 16.1. The van der Waals surface area contributed by atoms with E-state index in [1.165, 1.54) is 0 Å². The zero-order chi connectivity index (χ0) is 9.26. The van der Waals surface area contributed by atoms with Crippen LogP contribution in [0, 0.1) is 5.92 Å². The minimum Gasteiger partial charge on any atom is -0.341 e. The minimum absolute atomic E-state index is 0.392. The van der Waals surface area contributed by atoms with Crippen LogP contribution in [-0.2, 0) is 4.79 Å². The van der Waals surface area contributed by atoms with Crippen LogP contribution >= 0.6 is 0 Å². The third-order valence-corrected chi connectivity index (χ3v) is 2.96. The van der Waals surface area contributed by atoms with Crippen molar-refractivity contribution in [2.75, 3.05) is 33.2 Å². The maximum Gasteiger partial charge on any atom is 0.225 e. The number of likely N-dealkylation sites (N-methyl/N-ethyl adjacent to an activating group) is 1. The first-order chi connectivity index (χ1) is 6.27. The van der Waals surface area contributed by atoms with E-state index in [0.717, 1.165) is 45.4 Å². The predicted octanol–water partition coefficient (Wildman–Crippen LogP) is 0.560. The van der Waals surface area contributed by atoms with Crippen molar-refractivity contribution in [3.8, 4) is 0 Å².